The highest BCUT2D eigenvalue weighted by Crippen LogP contribution is 2.30. The molecule has 2 aromatic heterocycles. The summed E-state index contributed by atoms with van der Waals surface area (Å²) in [6.07, 6.45) is -2.10. The van der Waals surface area contributed by atoms with Crippen LogP contribution in [-0.2, 0) is 7.05 Å². The van der Waals surface area contributed by atoms with Gasteiger partial charge in [-0.2, -0.15) is 18.3 Å². The van der Waals surface area contributed by atoms with Crippen molar-refractivity contribution in [1.82, 2.24) is 14.8 Å². The van der Waals surface area contributed by atoms with Crippen LogP contribution in [-0.4, -0.2) is 45.6 Å². The summed E-state index contributed by atoms with van der Waals surface area (Å²) in [5.41, 5.74) is -0.0239. The molecule has 0 radical (unpaired) electrons. The number of nitrogens with zero attached hydrogens (tertiary/aromatic N) is 4. The fraction of sp³-hybridized carbons (Fsp3) is 0.364. The summed E-state index contributed by atoms with van der Waals surface area (Å²) in [5.74, 6) is -1.34. The van der Waals surface area contributed by atoms with E-state index in [0.29, 0.717) is 5.65 Å². The molecule has 20 heavy (non-hydrogen) atoms. The maximum absolute atomic E-state index is 12.5. The summed E-state index contributed by atoms with van der Waals surface area (Å²) in [6, 6.07) is 0. The minimum absolute atomic E-state index is 0.0482. The summed E-state index contributed by atoms with van der Waals surface area (Å²) in [4.78, 5) is 15.9. The van der Waals surface area contributed by atoms with Gasteiger partial charge >= 0.3 is 12.1 Å². The van der Waals surface area contributed by atoms with Crippen molar-refractivity contribution in [2.45, 2.75) is 6.18 Å². The number of anilines is 1. The molecule has 0 fully saturated rings. The molecule has 2 aromatic rings. The molecule has 0 aliphatic heterocycles. The van der Waals surface area contributed by atoms with E-state index in [1.54, 1.807) is 7.05 Å². The molecule has 0 saturated carbocycles. The second-order valence-corrected chi connectivity index (χ2v) is 4.30. The smallest absolute Gasteiger partial charge is 0.405 e. The predicted octanol–water partition coefficient (Wildman–Crippen LogP) is 1.66. The van der Waals surface area contributed by atoms with E-state index < -0.39 is 18.7 Å². The molecule has 2 rings (SSSR count). The Balaban J connectivity index is 2.63. The molecule has 9 heteroatoms. The van der Waals surface area contributed by atoms with E-state index >= 15 is 0 Å². The molecule has 108 valence electrons. The average Bonchev–Trinajstić information content (AvgIpc) is 2.67. The van der Waals surface area contributed by atoms with Crippen molar-refractivity contribution in [3.8, 4) is 0 Å². The van der Waals surface area contributed by atoms with Crippen molar-refractivity contribution in [2.24, 2.45) is 7.05 Å². The van der Waals surface area contributed by atoms with Crippen LogP contribution in [0.15, 0.2) is 12.4 Å². The van der Waals surface area contributed by atoms with E-state index in [0.717, 1.165) is 11.1 Å². The molecule has 6 nitrogen and oxygen atoms in total. The zero-order chi connectivity index (χ0) is 15.1. The molecule has 1 N–H and O–H groups in total. The van der Waals surface area contributed by atoms with Gasteiger partial charge < -0.3 is 10.0 Å². The van der Waals surface area contributed by atoms with Gasteiger partial charge in [-0.25, -0.2) is 9.78 Å². The topological polar surface area (TPSA) is 71.2 Å². The summed E-state index contributed by atoms with van der Waals surface area (Å²) < 4.78 is 38.9. The van der Waals surface area contributed by atoms with Gasteiger partial charge in [-0.15, -0.1) is 0 Å². The van der Waals surface area contributed by atoms with Crippen molar-refractivity contribution in [3.05, 3.63) is 18.0 Å². The molecule has 0 unspecified atom stereocenters. The van der Waals surface area contributed by atoms with Gasteiger partial charge in [0.15, 0.2) is 5.65 Å². The third-order valence-electron chi connectivity index (χ3n) is 2.76. The summed E-state index contributed by atoms with van der Waals surface area (Å²) in [7, 11) is 2.75. The number of carboxylic acids is 1. The lowest BCUT2D eigenvalue weighted by atomic mass is 10.1. The Kier molecular flexibility index (Phi) is 3.28. The number of carboxylic acid groups (broad SMARTS) is 1. The van der Waals surface area contributed by atoms with Crippen molar-refractivity contribution in [1.29, 1.82) is 0 Å². The molecule has 0 bridgehead atoms. The molecule has 0 aromatic carbocycles. The van der Waals surface area contributed by atoms with Crippen LogP contribution in [0.2, 0.25) is 0 Å². The van der Waals surface area contributed by atoms with Gasteiger partial charge in [0, 0.05) is 20.3 Å². The number of hydrogen-bond donors (Lipinski definition) is 1. The van der Waals surface area contributed by atoms with Gasteiger partial charge in [-0.3, -0.25) is 4.68 Å². The van der Waals surface area contributed by atoms with Crippen LogP contribution < -0.4 is 4.90 Å². The summed E-state index contributed by atoms with van der Waals surface area (Å²) in [6.45, 7) is -1.26. The van der Waals surface area contributed by atoms with E-state index in [4.69, 9.17) is 5.11 Å². The maximum atomic E-state index is 12.5. The zero-order valence-corrected chi connectivity index (χ0v) is 10.6. The lowest BCUT2D eigenvalue weighted by Gasteiger charge is -2.23. The Hall–Kier alpha value is -2.32. The van der Waals surface area contributed by atoms with E-state index in [-0.39, 0.29) is 16.6 Å². The third kappa shape index (κ3) is 2.51. The van der Waals surface area contributed by atoms with Gasteiger partial charge in [0.2, 0.25) is 0 Å². The molecule has 2 heterocycles. The SMILES string of the molecule is CN(CC(F)(F)F)c1c(C(=O)O)cnc2c1cnn2C. The molecule has 0 spiro atoms. The first kappa shape index (κ1) is 14.1. The maximum Gasteiger partial charge on any atom is 0.405 e. The molecule has 0 saturated heterocycles. The van der Waals surface area contributed by atoms with Crippen LogP contribution in [0.25, 0.3) is 11.0 Å². The van der Waals surface area contributed by atoms with E-state index in [1.807, 2.05) is 0 Å². The fourth-order valence-corrected chi connectivity index (χ4v) is 2.00. The lowest BCUT2D eigenvalue weighted by molar-refractivity contribution is -0.119. The number of carbonyl (C=O) groups is 1. The van der Waals surface area contributed by atoms with Crippen LogP contribution in [0.3, 0.4) is 0 Å². The first-order valence-corrected chi connectivity index (χ1v) is 5.52. The first-order chi connectivity index (χ1) is 9.20. The van der Waals surface area contributed by atoms with E-state index in [9.17, 15) is 18.0 Å². The first-order valence-electron chi connectivity index (χ1n) is 5.52. The standard InChI is InChI=1S/C11H11F3N4O2/c1-17(5-11(12,13)14)8-6-4-16-18(2)9(6)15-3-7(8)10(19)20/h3-4H,5H2,1-2H3,(H,19,20). The minimum atomic E-state index is -4.44. The van der Waals surface area contributed by atoms with Crippen molar-refractivity contribution < 1.29 is 23.1 Å². The Labute approximate surface area is 111 Å². The normalized spacial score (nSPS) is 11.8. The number of aryl methyl sites for hydroxylation is 1. The van der Waals surface area contributed by atoms with Crippen LogP contribution in [0.1, 0.15) is 10.4 Å². The highest BCUT2D eigenvalue weighted by atomic mass is 19.4. The second-order valence-electron chi connectivity index (χ2n) is 4.30. The monoisotopic (exact) mass is 288 g/mol. The number of aromatic nitrogens is 3. The number of fused-ring (bicyclic) bond motifs is 1. The lowest BCUT2D eigenvalue weighted by Crippen LogP contribution is -2.32. The van der Waals surface area contributed by atoms with Gasteiger partial charge in [-0.05, 0) is 0 Å². The van der Waals surface area contributed by atoms with Crippen molar-refractivity contribution in [2.75, 3.05) is 18.5 Å². The number of hydrogen-bond acceptors (Lipinski definition) is 4. The van der Waals surface area contributed by atoms with Crippen LogP contribution in [0.4, 0.5) is 18.9 Å². The highest BCUT2D eigenvalue weighted by Gasteiger charge is 2.32. The predicted molar refractivity (Wildman–Crippen MR) is 64.8 cm³/mol. The molecule has 0 aliphatic rings. The van der Waals surface area contributed by atoms with Crippen molar-refractivity contribution >= 4 is 22.7 Å². The van der Waals surface area contributed by atoms with Crippen LogP contribution in [0, 0.1) is 0 Å². The number of halogens is 3. The van der Waals surface area contributed by atoms with Crippen LogP contribution in [0.5, 0.6) is 0 Å². The fourth-order valence-electron chi connectivity index (χ4n) is 2.00. The summed E-state index contributed by atoms with van der Waals surface area (Å²) in [5, 5.41) is 13.3. The largest absolute Gasteiger partial charge is 0.478 e. The highest BCUT2D eigenvalue weighted by molar-refractivity contribution is 6.03. The summed E-state index contributed by atoms with van der Waals surface area (Å²) >= 11 is 0. The number of aromatic carboxylic acids is 1. The molecule has 0 aliphatic carbocycles. The quantitative estimate of drug-likeness (QED) is 0.930. The van der Waals surface area contributed by atoms with E-state index in [1.165, 1.54) is 17.9 Å². The Morgan fingerprint density at radius 3 is 2.65 bits per heavy atom. The second kappa shape index (κ2) is 4.66. The van der Waals surface area contributed by atoms with Crippen LogP contribution >= 0.6 is 0 Å². The van der Waals surface area contributed by atoms with Gasteiger partial charge in [-0.1, -0.05) is 0 Å². The van der Waals surface area contributed by atoms with Gasteiger partial charge in [0.05, 0.1) is 17.3 Å². The molecular weight excluding hydrogens is 277 g/mol. The van der Waals surface area contributed by atoms with E-state index in [2.05, 4.69) is 10.1 Å². The number of alkyl halides is 3. The Morgan fingerprint density at radius 1 is 1.45 bits per heavy atom. The minimum Gasteiger partial charge on any atom is -0.478 e. The van der Waals surface area contributed by atoms with Gasteiger partial charge in [0.25, 0.3) is 0 Å². The van der Waals surface area contributed by atoms with Gasteiger partial charge in [0.1, 0.15) is 12.1 Å². The van der Waals surface area contributed by atoms with Crippen molar-refractivity contribution in [3.63, 3.8) is 0 Å². The third-order valence-corrected chi connectivity index (χ3v) is 2.76. The number of pyridine rings is 1. The zero-order valence-electron chi connectivity index (χ0n) is 10.6. The molecular formula is C11H11F3N4O2. The average molecular weight is 288 g/mol. The molecule has 0 amide bonds. The Bertz CT molecular complexity index is 665. The number of rotatable bonds is 3. The Morgan fingerprint density at radius 2 is 2.10 bits per heavy atom. The molecule has 0 atom stereocenters.